The fourth-order valence-electron chi connectivity index (χ4n) is 3.50. The molecule has 0 radical (unpaired) electrons. The second-order valence-electron chi connectivity index (χ2n) is 6.46. The van der Waals surface area contributed by atoms with Crippen molar-refractivity contribution >= 4 is 34.2 Å². The Morgan fingerprint density at radius 2 is 1.89 bits per heavy atom. The van der Waals surface area contributed by atoms with Crippen molar-refractivity contribution < 1.29 is 0 Å². The monoisotopic (exact) mass is 351 g/mol. The Labute approximate surface area is 156 Å². The summed E-state index contributed by atoms with van der Waals surface area (Å²) in [6.07, 6.45) is 5.82. The van der Waals surface area contributed by atoms with Gasteiger partial charge in [-0.1, -0.05) is 36.9 Å². The van der Waals surface area contributed by atoms with E-state index in [-0.39, 0.29) is 0 Å². The maximum Gasteiger partial charge on any atom is 0.135 e. The Hall–Kier alpha value is -3.86. The molecule has 5 nitrogen and oxygen atoms in total. The summed E-state index contributed by atoms with van der Waals surface area (Å²) in [5.74, 6) is 0.471. The van der Waals surface area contributed by atoms with Gasteiger partial charge in [0.1, 0.15) is 11.5 Å². The van der Waals surface area contributed by atoms with Gasteiger partial charge in [-0.3, -0.25) is 5.10 Å². The summed E-state index contributed by atoms with van der Waals surface area (Å²) in [5.41, 5.74) is 12.9. The van der Waals surface area contributed by atoms with Gasteiger partial charge in [-0.25, -0.2) is 4.98 Å². The lowest BCUT2D eigenvalue weighted by Crippen LogP contribution is -2.17. The number of hydrogen-bond donors (Lipinski definition) is 2. The third-order valence-corrected chi connectivity index (χ3v) is 4.87. The third-order valence-electron chi connectivity index (χ3n) is 4.87. The SMILES string of the molecule is C=C1c2cc(-c3n[nH]c4ccnc(N)c34)ccc2C=CN1c1ccccc1. The zero-order chi connectivity index (χ0) is 18.4. The molecular weight excluding hydrogens is 334 g/mol. The molecule has 0 saturated carbocycles. The van der Waals surface area contributed by atoms with Crippen molar-refractivity contribution in [2.45, 2.75) is 0 Å². The fourth-order valence-corrected chi connectivity index (χ4v) is 3.50. The second-order valence-corrected chi connectivity index (χ2v) is 6.46. The minimum atomic E-state index is 0.471. The van der Waals surface area contributed by atoms with Gasteiger partial charge >= 0.3 is 0 Å². The predicted octanol–water partition coefficient (Wildman–Crippen LogP) is 4.67. The van der Waals surface area contributed by atoms with Gasteiger partial charge in [0.15, 0.2) is 0 Å². The number of hydrogen-bond acceptors (Lipinski definition) is 4. The summed E-state index contributed by atoms with van der Waals surface area (Å²) in [4.78, 5) is 6.29. The highest BCUT2D eigenvalue weighted by atomic mass is 15.1. The number of rotatable bonds is 2. The molecule has 4 aromatic rings. The van der Waals surface area contributed by atoms with Crippen LogP contribution in [-0.4, -0.2) is 15.2 Å². The van der Waals surface area contributed by atoms with Crippen molar-refractivity contribution in [1.82, 2.24) is 15.2 Å². The van der Waals surface area contributed by atoms with Gasteiger partial charge in [0.25, 0.3) is 0 Å². The number of nitrogens with zero attached hydrogens (tertiary/aromatic N) is 3. The van der Waals surface area contributed by atoms with Crippen LogP contribution in [-0.2, 0) is 0 Å². The lowest BCUT2D eigenvalue weighted by Gasteiger charge is -2.28. The molecule has 2 aromatic heterocycles. The average molecular weight is 351 g/mol. The number of H-pyrrole nitrogens is 1. The van der Waals surface area contributed by atoms with Gasteiger partial charge in [-0.05, 0) is 35.9 Å². The molecule has 0 saturated heterocycles. The molecule has 0 aliphatic carbocycles. The average Bonchev–Trinajstić information content (AvgIpc) is 3.14. The first-order valence-corrected chi connectivity index (χ1v) is 8.67. The number of aromatic amines is 1. The molecule has 0 fully saturated rings. The number of nitrogens with one attached hydrogen (secondary N) is 1. The molecule has 1 aliphatic heterocycles. The molecule has 3 heterocycles. The van der Waals surface area contributed by atoms with Crippen molar-refractivity contribution in [3.8, 4) is 11.3 Å². The summed E-state index contributed by atoms with van der Waals surface area (Å²) in [7, 11) is 0. The van der Waals surface area contributed by atoms with E-state index in [1.54, 1.807) is 6.20 Å². The lowest BCUT2D eigenvalue weighted by molar-refractivity contribution is 1.12. The molecule has 0 unspecified atom stereocenters. The molecule has 2 aromatic carbocycles. The minimum absolute atomic E-state index is 0.471. The number of aromatic nitrogens is 3. The zero-order valence-electron chi connectivity index (χ0n) is 14.6. The number of nitrogen functional groups attached to an aromatic ring is 1. The first-order valence-electron chi connectivity index (χ1n) is 8.67. The molecule has 0 atom stereocenters. The largest absolute Gasteiger partial charge is 0.383 e. The number of fused-ring (bicyclic) bond motifs is 2. The van der Waals surface area contributed by atoms with Gasteiger partial charge < -0.3 is 10.6 Å². The maximum atomic E-state index is 6.09. The lowest BCUT2D eigenvalue weighted by atomic mass is 9.96. The minimum Gasteiger partial charge on any atom is -0.383 e. The summed E-state index contributed by atoms with van der Waals surface area (Å²) in [5, 5.41) is 8.35. The highest BCUT2D eigenvalue weighted by Gasteiger charge is 2.19. The first-order chi connectivity index (χ1) is 13.2. The van der Waals surface area contributed by atoms with E-state index in [1.807, 2.05) is 30.5 Å². The van der Waals surface area contributed by atoms with Crippen LogP contribution in [0.1, 0.15) is 11.1 Å². The normalized spacial score (nSPS) is 13.2. The Morgan fingerprint density at radius 1 is 1.04 bits per heavy atom. The van der Waals surface area contributed by atoms with Crippen LogP contribution in [0.25, 0.3) is 33.9 Å². The number of para-hydroxylation sites is 1. The topological polar surface area (TPSA) is 70.8 Å². The summed E-state index contributed by atoms with van der Waals surface area (Å²) < 4.78 is 0. The molecule has 5 heteroatoms. The number of nitrogens with two attached hydrogens (primary N) is 1. The molecule has 5 rings (SSSR count). The molecule has 0 amide bonds. The van der Waals surface area contributed by atoms with Crippen molar-refractivity contribution in [1.29, 1.82) is 0 Å². The van der Waals surface area contributed by atoms with E-state index in [2.05, 4.69) is 63.1 Å². The van der Waals surface area contributed by atoms with Crippen molar-refractivity contribution in [2.24, 2.45) is 0 Å². The highest BCUT2D eigenvalue weighted by Crippen LogP contribution is 2.36. The Bertz CT molecular complexity index is 1200. The Kier molecular flexibility index (Phi) is 3.33. The van der Waals surface area contributed by atoms with Crippen LogP contribution in [0, 0.1) is 0 Å². The molecular formula is C22H17N5. The van der Waals surface area contributed by atoms with Gasteiger partial charge in [-0.2, -0.15) is 5.10 Å². The number of pyridine rings is 1. The first kappa shape index (κ1) is 15.4. The van der Waals surface area contributed by atoms with Crippen molar-refractivity contribution in [3.63, 3.8) is 0 Å². The van der Waals surface area contributed by atoms with Crippen LogP contribution in [0.2, 0.25) is 0 Å². The Balaban J connectivity index is 1.63. The second kappa shape index (κ2) is 5.85. The van der Waals surface area contributed by atoms with Crippen LogP contribution in [0.3, 0.4) is 0 Å². The molecule has 1 aliphatic rings. The van der Waals surface area contributed by atoms with Crippen molar-refractivity contribution in [2.75, 3.05) is 10.6 Å². The van der Waals surface area contributed by atoms with Gasteiger partial charge in [0, 0.05) is 34.9 Å². The molecule has 0 bridgehead atoms. The summed E-state index contributed by atoms with van der Waals surface area (Å²) in [6, 6.07) is 18.3. The highest BCUT2D eigenvalue weighted by molar-refractivity contribution is 6.00. The van der Waals surface area contributed by atoms with Crippen molar-refractivity contribution in [3.05, 3.63) is 84.7 Å². The van der Waals surface area contributed by atoms with E-state index in [0.717, 1.165) is 44.7 Å². The standard InChI is InChI=1S/C22H17N5/c1-14-18-13-16(21-20-19(25-26-21)9-11-24-22(20)23)8-7-15(18)10-12-27(14)17-5-3-2-4-6-17/h2-13H,1H2,(H2,23,24)(H,25,26). The molecule has 3 N–H and O–H groups in total. The molecule has 0 spiro atoms. The van der Waals surface area contributed by atoms with E-state index < -0.39 is 0 Å². The van der Waals surface area contributed by atoms with Gasteiger partial charge in [-0.15, -0.1) is 0 Å². The van der Waals surface area contributed by atoms with Crippen LogP contribution in [0.5, 0.6) is 0 Å². The maximum absolute atomic E-state index is 6.09. The summed E-state index contributed by atoms with van der Waals surface area (Å²) in [6.45, 7) is 4.33. The zero-order valence-corrected chi connectivity index (χ0v) is 14.6. The van der Waals surface area contributed by atoms with E-state index >= 15 is 0 Å². The van der Waals surface area contributed by atoms with Crippen LogP contribution < -0.4 is 10.6 Å². The van der Waals surface area contributed by atoms with E-state index in [9.17, 15) is 0 Å². The quantitative estimate of drug-likeness (QED) is 0.551. The summed E-state index contributed by atoms with van der Waals surface area (Å²) >= 11 is 0. The van der Waals surface area contributed by atoms with E-state index in [4.69, 9.17) is 5.73 Å². The van der Waals surface area contributed by atoms with Crippen LogP contribution in [0.4, 0.5) is 11.5 Å². The van der Waals surface area contributed by atoms with Gasteiger partial charge in [0.05, 0.1) is 10.9 Å². The molecule has 27 heavy (non-hydrogen) atoms. The van der Waals surface area contributed by atoms with Crippen LogP contribution in [0.15, 0.2) is 73.6 Å². The fraction of sp³-hybridized carbons (Fsp3) is 0. The predicted molar refractivity (Wildman–Crippen MR) is 111 cm³/mol. The third kappa shape index (κ3) is 2.40. The Morgan fingerprint density at radius 3 is 2.74 bits per heavy atom. The van der Waals surface area contributed by atoms with Gasteiger partial charge in [0.2, 0.25) is 0 Å². The van der Waals surface area contributed by atoms with Crippen LogP contribution >= 0.6 is 0 Å². The number of benzene rings is 2. The smallest absolute Gasteiger partial charge is 0.135 e. The van der Waals surface area contributed by atoms with E-state index in [0.29, 0.717) is 5.82 Å². The molecule has 130 valence electrons. The number of anilines is 2. The van der Waals surface area contributed by atoms with E-state index in [1.165, 1.54) is 0 Å².